The van der Waals surface area contributed by atoms with E-state index in [9.17, 15) is 14.4 Å². The molecule has 1 saturated heterocycles. The van der Waals surface area contributed by atoms with Crippen molar-refractivity contribution in [3.63, 3.8) is 0 Å². The van der Waals surface area contributed by atoms with Gasteiger partial charge in [0, 0.05) is 50.8 Å². The van der Waals surface area contributed by atoms with E-state index in [2.05, 4.69) is 5.32 Å². The first-order valence-corrected chi connectivity index (χ1v) is 9.19. The molecular formula is C19H27N3O6. The molecule has 3 amide bonds. The van der Waals surface area contributed by atoms with E-state index in [4.69, 9.17) is 14.2 Å². The highest BCUT2D eigenvalue weighted by molar-refractivity contribution is 5.95. The SMILES string of the molecule is CCOC(=O)NCCC(=O)N1CCN(C(=O)c2cc(OC)cc(OC)c2)CC1. The average molecular weight is 393 g/mol. The van der Waals surface area contributed by atoms with Crippen LogP contribution in [0.3, 0.4) is 0 Å². The van der Waals surface area contributed by atoms with Crippen molar-refractivity contribution in [2.75, 3.05) is 53.6 Å². The highest BCUT2D eigenvalue weighted by atomic mass is 16.5. The normalized spacial score (nSPS) is 13.7. The number of alkyl carbamates (subject to hydrolysis) is 1. The second-order valence-corrected chi connectivity index (χ2v) is 6.17. The smallest absolute Gasteiger partial charge is 0.407 e. The zero-order chi connectivity index (χ0) is 20.5. The van der Waals surface area contributed by atoms with Gasteiger partial charge in [0.2, 0.25) is 5.91 Å². The van der Waals surface area contributed by atoms with Crippen LogP contribution in [0.25, 0.3) is 0 Å². The zero-order valence-electron chi connectivity index (χ0n) is 16.5. The van der Waals surface area contributed by atoms with Crippen LogP contribution in [0.15, 0.2) is 18.2 Å². The van der Waals surface area contributed by atoms with Gasteiger partial charge in [-0.2, -0.15) is 0 Å². The fourth-order valence-electron chi connectivity index (χ4n) is 2.88. The first kappa shape index (κ1) is 21.3. The maximum absolute atomic E-state index is 12.8. The summed E-state index contributed by atoms with van der Waals surface area (Å²) in [6.45, 7) is 4.00. The molecule has 9 heteroatoms. The van der Waals surface area contributed by atoms with Crippen LogP contribution in [0, 0.1) is 0 Å². The Kier molecular flexibility index (Phi) is 7.91. The van der Waals surface area contributed by atoms with Gasteiger partial charge in [-0.25, -0.2) is 4.79 Å². The number of hydrogen-bond acceptors (Lipinski definition) is 6. The highest BCUT2D eigenvalue weighted by Crippen LogP contribution is 2.23. The number of ether oxygens (including phenoxy) is 3. The van der Waals surface area contributed by atoms with E-state index in [-0.39, 0.29) is 31.4 Å². The molecule has 1 aromatic carbocycles. The standard InChI is InChI=1S/C19H27N3O6/c1-4-28-19(25)20-6-5-17(23)21-7-9-22(10-8-21)18(24)14-11-15(26-2)13-16(12-14)27-3/h11-13H,4-10H2,1-3H3,(H,20,25). The van der Waals surface area contributed by atoms with Crippen molar-refractivity contribution in [3.8, 4) is 11.5 Å². The molecule has 0 radical (unpaired) electrons. The van der Waals surface area contributed by atoms with E-state index in [1.807, 2.05) is 0 Å². The lowest BCUT2D eigenvalue weighted by molar-refractivity contribution is -0.132. The van der Waals surface area contributed by atoms with Gasteiger partial charge in [0.15, 0.2) is 0 Å². The third-order valence-corrected chi connectivity index (χ3v) is 4.40. The topological polar surface area (TPSA) is 97.4 Å². The first-order chi connectivity index (χ1) is 13.5. The van der Waals surface area contributed by atoms with Gasteiger partial charge in [-0.1, -0.05) is 0 Å². The minimum atomic E-state index is -0.528. The van der Waals surface area contributed by atoms with Crippen molar-refractivity contribution < 1.29 is 28.6 Å². The highest BCUT2D eigenvalue weighted by Gasteiger charge is 2.25. The number of hydrogen-bond donors (Lipinski definition) is 1. The van der Waals surface area contributed by atoms with Crippen LogP contribution in [-0.4, -0.2) is 81.3 Å². The average Bonchev–Trinajstić information content (AvgIpc) is 2.73. The maximum atomic E-state index is 12.8. The van der Waals surface area contributed by atoms with Gasteiger partial charge in [0.1, 0.15) is 11.5 Å². The molecule has 1 heterocycles. The molecule has 9 nitrogen and oxygen atoms in total. The molecule has 1 aromatic rings. The minimum absolute atomic E-state index is 0.0630. The molecule has 28 heavy (non-hydrogen) atoms. The third kappa shape index (κ3) is 5.77. The van der Waals surface area contributed by atoms with Crippen LogP contribution < -0.4 is 14.8 Å². The molecule has 0 atom stereocenters. The largest absolute Gasteiger partial charge is 0.497 e. The number of methoxy groups -OCH3 is 2. The number of amides is 3. The Bertz CT molecular complexity index is 679. The molecule has 0 saturated carbocycles. The molecule has 0 unspecified atom stereocenters. The fraction of sp³-hybridized carbons (Fsp3) is 0.526. The molecule has 1 aliphatic heterocycles. The fourth-order valence-corrected chi connectivity index (χ4v) is 2.88. The summed E-state index contributed by atoms with van der Waals surface area (Å²) in [7, 11) is 3.06. The molecule has 1 aliphatic rings. The number of piperazine rings is 1. The van der Waals surface area contributed by atoms with Crippen molar-refractivity contribution in [1.29, 1.82) is 0 Å². The van der Waals surface area contributed by atoms with Crippen LogP contribution in [-0.2, 0) is 9.53 Å². The summed E-state index contributed by atoms with van der Waals surface area (Å²) in [5, 5.41) is 2.53. The summed E-state index contributed by atoms with van der Waals surface area (Å²) < 4.78 is 15.2. The van der Waals surface area contributed by atoms with Crippen molar-refractivity contribution in [2.45, 2.75) is 13.3 Å². The van der Waals surface area contributed by atoms with Crippen molar-refractivity contribution in [1.82, 2.24) is 15.1 Å². The Morgan fingerprint density at radius 2 is 1.54 bits per heavy atom. The number of nitrogens with zero attached hydrogens (tertiary/aromatic N) is 2. The van der Waals surface area contributed by atoms with E-state index >= 15 is 0 Å². The summed E-state index contributed by atoms with van der Waals surface area (Å²) >= 11 is 0. The molecule has 1 N–H and O–H groups in total. The second-order valence-electron chi connectivity index (χ2n) is 6.17. The van der Waals surface area contributed by atoms with E-state index in [0.717, 1.165) is 0 Å². The lowest BCUT2D eigenvalue weighted by Crippen LogP contribution is -2.51. The molecule has 0 bridgehead atoms. The van der Waals surface area contributed by atoms with Crippen LogP contribution in [0.1, 0.15) is 23.7 Å². The summed E-state index contributed by atoms with van der Waals surface area (Å²) in [5.41, 5.74) is 0.481. The molecule has 2 rings (SSSR count). The lowest BCUT2D eigenvalue weighted by Gasteiger charge is -2.35. The van der Waals surface area contributed by atoms with Gasteiger partial charge in [0.25, 0.3) is 5.91 Å². The number of carbonyl (C=O) groups is 3. The summed E-state index contributed by atoms with van der Waals surface area (Å²) in [6.07, 6.45) is -0.334. The Morgan fingerprint density at radius 1 is 0.964 bits per heavy atom. The predicted molar refractivity (Wildman–Crippen MR) is 102 cm³/mol. The third-order valence-electron chi connectivity index (χ3n) is 4.40. The Morgan fingerprint density at radius 3 is 2.07 bits per heavy atom. The van der Waals surface area contributed by atoms with Crippen molar-refractivity contribution in [2.24, 2.45) is 0 Å². The summed E-state index contributed by atoms with van der Waals surface area (Å²) in [4.78, 5) is 39.6. The quantitative estimate of drug-likeness (QED) is 0.746. The number of nitrogens with one attached hydrogen (secondary N) is 1. The van der Waals surface area contributed by atoms with Gasteiger partial charge in [-0.3, -0.25) is 9.59 Å². The maximum Gasteiger partial charge on any atom is 0.407 e. The van der Waals surface area contributed by atoms with Gasteiger partial charge < -0.3 is 29.3 Å². The number of rotatable bonds is 7. The van der Waals surface area contributed by atoms with Gasteiger partial charge in [0.05, 0.1) is 20.8 Å². The Labute approximate surface area is 164 Å². The van der Waals surface area contributed by atoms with Crippen molar-refractivity contribution >= 4 is 17.9 Å². The Balaban J connectivity index is 1.85. The van der Waals surface area contributed by atoms with Crippen molar-refractivity contribution in [3.05, 3.63) is 23.8 Å². The molecule has 0 aromatic heterocycles. The monoisotopic (exact) mass is 393 g/mol. The minimum Gasteiger partial charge on any atom is -0.497 e. The van der Waals surface area contributed by atoms with Gasteiger partial charge in [-0.15, -0.1) is 0 Å². The number of carbonyl (C=O) groups excluding carboxylic acids is 3. The Hall–Kier alpha value is -2.97. The van der Waals surface area contributed by atoms with Gasteiger partial charge >= 0.3 is 6.09 Å². The van der Waals surface area contributed by atoms with Crippen LogP contribution in [0.5, 0.6) is 11.5 Å². The van der Waals surface area contributed by atoms with E-state index in [1.165, 1.54) is 14.2 Å². The first-order valence-electron chi connectivity index (χ1n) is 9.19. The van der Waals surface area contributed by atoms with E-state index < -0.39 is 6.09 Å². The molecule has 1 fully saturated rings. The molecule has 0 spiro atoms. The van der Waals surface area contributed by atoms with E-state index in [1.54, 1.807) is 34.9 Å². The predicted octanol–water partition coefficient (Wildman–Crippen LogP) is 1.12. The summed E-state index contributed by atoms with van der Waals surface area (Å²) in [6, 6.07) is 5.05. The lowest BCUT2D eigenvalue weighted by atomic mass is 10.1. The summed E-state index contributed by atoms with van der Waals surface area (Å²) in [5.74, 6) is 0.899. The second kappa shape index (κ2) is 10.4. The van der Waals surface area contributed by atoms with E-state index in [0.29, 0.717) is 43.2 Å². The van der Waals surface area contributed by atoms with Crippen LogP contribution >= 0.6 is 0 Å². The van der Waals surface area contributed by atoms with Crippen LogP contribution in [0.2, 0.25) is 0 Å². The molecule has 154 valence electrons. The molecular weight excluding hydrogens is 366 g/mol. The zero-order valence-corrected chi connectivity index (χ0v) is 16.5. The molecule has 0 aliphatic carbocycles. The number of benzene rings is 1. The van der Waals surface area contributed by atoms with Gasteiger partial charge in [-0.05, 0) is 19.1 Å². The van der Waals surface area contributed by atoms with Crippen LogP contribution in [0.4, 0.5) is 4.79 Å².